The van der Waals surface area contributed by atoms with Gasteiger partial charge < -0.3 is 9.38 Å². The summed E-state index contributed by atoms with van der Waals surface area (Å²) in [5.41, 5.74) is 22.2. The molecule has 4 nitrogen and oxygen atoms in total. The van der Waals surface area contributed by atoms with Crippen LogP contribution in [0.2, 0.25) is 0 Å². The van der Waals surface area contributed by atoms with Crippen LogP contribution in [0.5, 0.6) is 0 Å². The minimum absolute atomic E-state index is 0.0182. The van der Waals surface area contributed by atoms with Crippen LogP contribution in [0.3, 0.4) is 0 Å². The Balaban J connectivity index is 1.11. The van der Waals surface area contributed by atoms with Crippen LogP contribution in [0.1, 0.15) is 51.3 Å². The molecule has 3 aromatic heterocycles. The first-order valence-corrected chi connectivity index (χ1v) is 24.7. The summed E-state index contributed by atoms with van der Waals surface area (Å²) in [7, 11) is 0. The minimum Gasteiger partial charge on any atom is -0.376 e. The van der Waals surface area contributed by atoms with E-state index in [1.54, 1.807) is 0 Å². The average Bonchev–Trinajstić information content (AvgIpc) is 4.08. The van der Waals surface area contributed by atoms with Gasteiger partial charge in [0.2, 0.25) is 0 Å². The molecule has 322 valence electrons. The zero-order chi connectivity index (χ0) is 45.4. The van der Waals surface area contributed by atoms with Crippen molar-refractivity contribution in [3.8, 4) is 45.0 Å². The predicted octanol–water partition coefficient (Wildman–Crippen LogP) is 15.0. The molecular formula is C62H45BN4S. The van der Waals surface area contributed by atoms with Gasteiger partial charge in [-0.05, 0) is 116 Å². The molecule has 0 bridgehead atoms. The smallest absolute Gasteiger partial charge is 0.333 e. The van der Waals surface area contributed by atoms with E-state index in [1.165, 1.54) is 109 Å². The van der Waals surface area contributed by atoms with Gasteiger partial charge in [-0.1, -0.05) is 150 Å². The van der Waals surface area contributed by atoms with E-state index < -0.39 is 0 Å². The number of nitrogens with zero attached hydrogens (tertiary/aromatic N) is 4. The summed E-state index contributed by atoms with van der Waals surface area (Å²) in [5, 5.41) is 5.19. The molecule has 68 heavy (non-hydrogen) atoms. The fourth-order valence-corrected chi connectivity index (χ4v) is 13.5. The van der Waals surface area contributed by atoms with Gasteiger partial charge in [-0.25, -0.2) is 4.98 Å². The lowest BCUT2D eigenvalue weighted by molar-refractivity contribution is 0.590. The topological polar surface area (TPSA) is 26.0 Å². The number of anilines is 2. The van der Waals surface area contributed by atoms with Crippen molar-refractivity contribution in [3.63, 3.8) is 0 Å². The summed E-state index contributed by atoms with van der Waals surface area (Å²) in [5.74, 6) is 0.932. The average molecular weight is 889 g/mol. The van der Waals surface area contributed by atoms with Gasteiger partial charge in [0.15, 0.2) is 0 Å². The molecule has 6 heteroatoms. The molecule has 0 saturated carbocycles. The van der Waals surface area contributed by atoms with Crippen LogP contribution in [0.25, 0.3) is 98.0 Å². The zero-order valence-corrected chi connectivity index (χ0v) is 39.4. The molecule has 9 aromatic carbocycles. The van der Waals surface area contributed by atoms with Crippen molar-refractivity contribution < 1.29 is 0 Å². The van der Waals surface area contributed by atoms with Gasteiger partial charge in [-0.2, -0.15) is 0 Å². The molecule has 0 radical (unpaired) electrons. The monoisotopic (exact) mass is 888 g/mol. The third-order valence-electron chi connectivity index (χ3n) is 15.6. The highest BCUT2D eigenvalue weighted by Gasteiger charge is 2.46. The van der Waals surface area contributed by atoms with E-state index in [4.69, 9.17) is 4.98 Å². The van der Waals surface area contributed by atoms with Crippen LogP contribution in [0.15, 0.2) is 182 Å². The SMILES string of the molecule is CC(C)(C)c1ccc(N2B3c4cc5nc(-c6ccccc6)n(-c6ccccc6)c5cc4-n4c5cc6c(cc5c5ccc(c3c54)-c3cc4c(cc32)-c2ccccc2C4(C)C)sc2ccccc26)cc1. The first-order chi connectivity index (χ1) is 33.1. The minimum atomic E-state index is -0.149. The van der Waals surface area contributed by atoms with Gasteiger partial charge in [0.1, 0.15) is 5.82 Å². The Hall–Kier alpha value is -7.67. The second-order valence-corrected chi connectivity index (χ2v) is 21.8. The molecule has 15 rings (SSSR count). The molecule has 0 fully saturated rings. The Morgan fingerprint density at radius 3 is 2.07 bits per heavy atom. The van der Waals surface area contributed by atoms with Crippen LogP contribution in [-0.4, -0.2) is 21.0 Å². The molecule has 0 spiro atoms. The molecule has 0 N–H and O–H groups in total. The van der Waals surface area contributed by atoms with Gasteiger partial charge in [-0.3, -0.25) is 4.57 Å². The number of fused-ring (bicyclic) bond motifs is 15. The Kier molecular flexibility index (Phi) is 7.50. The fourth-order valence-electron chi connectivity index (χ4n) is 12.4. The maximum atomic E-state index is 5.61. The number of imidazole rings is 1. The molecule has 0 atom stereocenters. The molecule has 12 aromatic rings. The van der Waals surface area contributed by atoms with Crippen LogP contribution in [0, 0.1) is 0 Å². The van der Waals surface area contributed by atoms with Crippen LogP contribution in [0.4, 0.5) is 11.4 Å². The molecule has 0 unspecified atom stereocenters. The number of para-hydroxylation sites is 1. The van der Waals surface area contributed by atoms with Crippen molar-refractivity contribution in [1.82, 2.24) is 14.1 Å². The third-order valence-corrected chi connectivity index (χ3v) is 16.8. The van der Waals surface area contributed by atoms with Crippen molar-refractivity contribution in [2.45, 2.75) is 45.4 Å². The summed E-state index contributed by atoms with van der Waals surface area (Å²) in [6.07, 6.45) is 0. The molecule has 1 aliphatic carbocycles. The lowest BCUT2D eigenvalue weighted by Crippen LogP contribution is -2.60. The summed E-state index contributed by atoms with van der Waals surface area (Å²) >= 11 is 1.90. The number of aromatic nitrogens is 3. The summed E-state index contributed by atoms with van der Waals surface area (Å²) < 4.78 is 7.64. The van der Waals surface area contributed by atoms with Crippen LogP contribution < -0.4 is 15.7 Å². The summed E-state index contributed by atoms with van der Waals surface area (Å²) in [6.45, 7) is 11.6. The Labute approximate surface area is 399 Å². The van der Waals surface area contributed by atoms with Crippen LogP contribution in [-0.2, 0) is 10.8 Å². The fraction of sp³-hybridized carbons (Fsp3) is 0.113. The predicted molar refractivity (Wildman–Crippen MR) is 289 cm³/mol. The zero-order valence-electron chi connectivity index (χ0n) is 38.6. The Bertz CT molecular complexity index is 4150. The van der Waals surface area contributed by atoms with Gasteiger partial charge in [0.05, 0.1) is 22.1 Å². The number of hydrogen-bond donors (Lipinski definition) is 0. The molecule has 5 heterocycles. The highest BCUT2D eigenvalue weighted by atomic mass is 32.1. The van der Waals surface area contributed by atoms with Crippen molar-refractivity contribution >= 4 is 93.5 Å². The van der Waals surface area contributed by atoms with Crippen molar-refractivity contribution in [1.29, 1.82) is 0 Å². The number of benzene rings is 9. The van der Waals surface area contributed by atoms with Crippen molar-refractivity contribution in [2.24, 2.45) is 0 Å². The standard InChI is InChI=1S/C62H45BN4S/c1-61(2,3)37-24-26-39(27-25-37)67-53-31-44-40-20-12-14-22-48(40)62(4,5)49(44)30-45(53)42-28-29-43-46-33-57-47(41-21-13-15-23-56(41)68-57)32-52(46)66-54-35-55-51(34-50(54)63(67)58(42)59(43)66)64-60(36-16-8-6-9-17-36)65(55)38-18-10-7-11-19-38/h6-35H,1-5H3. The normalized spacial score (nSPS) is 14.3. The highest BCUT2D eigenvalue weighted by molar-refractivity contribution is 7.25. The van der Waals surface area contributed by atoms with E-state index in [0.29, 0.717) is 0 Å². The molecule has 0 saturated heterocycles. The first kappa shape index (κ1) is 38.4. The van der Waals surface area contributed by atoms with E-state index in [9.17, 15) is 0 Å². The van der Waals surface area contributed by atoms with E-state index >= 15 is 0 Å². The van der Waals surface area contributed by atoms with Gasteiger partial charge >= 0.3 is 6.85 Å². The van der Waals surface area contributed by atoms with Gasteiger partial charge in [0.25, 0.3) is 0 Å². The van der Waals surface area contributed by atoms with Crippen molar-refractivity contribution in [3.05, 3.63) is 199 Å². The lowest BCUT2D eigenvalue weighted by Gasteiger charge is -2.42. The molecular weight excluding hydrogens is 844 g/mol. The third kappa shape index (κ3) is 5.03. The number of rotatable bonds is 3. The number of thiophene rings is 1. The first-order valence-electron chi connectivity index (χ1n) is 23.9. The van der Waals surface area contributed by atoms with E-state index in [2.05, 4.69) is 231 Å². The molecule has 2 aliphatic heterocycles. The van der Waals surface area contributed by atoms with E-state index in [-0.39, 0.29) is 17.7 Å². The largest absolute Gasteiger partial charge is 0.376 e. The molecule has 3 aliphatic rings. The second kappa shape index (κ2) is 13.3. The van der Waals surface area contributed by atoms with Crippen LogP contribution >= 0.6 is 11.3 Å². The Morgan fingerprint density at radius 2 is 1.26 bits per heavy atom. The van der Waals surface area contributed by atoms with E-state index in [0.717, 1.165) is 28.1 Å². The quantitative estimate of drug-likeness (QED) is 0.165. The summed E-state index contributed by atoms with van der Waals surface area (Å²) in [4.78, 5) is 8.29. The Morgan fingerprint density at radius 1 is 0.515 bits per heavy atom. The highest BCUT2D eigenvalue weighted by Crippen LogP contribution is 2.55. The lowest BCUT2D eigenvalue weighted by atomic mass is 9.44. The van der Waals surface area contributed by atoms with Crippen molar-refractivity contribution in [2.75, 3.05) is 4.81 Å². The number of hydrogen-bond acceptors (Lipinski definition) is 3. The molecule has 0 amide bonds. The maximum Gasteiger partial charge on any atom is 0.333 e. The van der Waals surface area contributed by atoms with Gasteiger partial charge in [-0.15, -0.1) is 11.3 Å². The maximum absolute atomic E-state index is 5.61. The van der Waals surface area contributed by atoms with E-state index in [1.807, 2.05) is 11.3 Å². The second-order valence-electron chi connectivity index (χ2n) is 20.7. The summed E-state index contributed by atoms with van der Waals surface area (Å²) in [6, 6.07) is 68.7. The van der Waals surface area contributed by atoms with Gasteiger partial charge in [0, 0.05) is 70.2 Å².